The van der Waals surface area contributed by atoms with Gasteiger partial charge in [0.05, 0.1) is 4.88 Å². The van der Waals surface area contributed by atoms with Crippen molar-refractivity contribution in [1.82, 2.24) is 10.6 Å². The van der Waals surface area contributed by atoms with Crippen molar-refractivity contribution in [2.75, 3.05) is 6.54 Å². The van der Waals surface area contributed by atoms with E-state index < -0.39 is 0 Å². The second-order valence-corrected chi connectivity index (χ2v) is 5.11. The SMILES string of the molecule is O=C1CCC(CNC(=O)c2cc(S)cs2)N1. The van der Waals surface area contributed by atoms with Crippen molar-refractivity contribution in [3.05, 3.63) is 16.3 Å². The van der Waals surface area contributed by atoms with Crippen molar-refractivity contribution in [2.24, 2.45) is 0 Å². The summed E-state index contributed by atoms with van der Waals surface area (Å²) in [6, 6.07) is 1.81. The molecule has 6 heteroatoms. The van der Waals surface area contributed by atoms with Crippen molar-refractivity contribution in [3.63, 3.8) is 0 Å². The molecule has 1 atom stereocenters. The smallest absolute Gasteiger partial charge is 0.261 e. The summed E-state index contributed by atoms with van der Waals surface area (Å²) >= 11 is 5.51. The van der Waals surface area contributed by atoms with Crippen LogP contribution in [-0.4, -0.2) is 24.4 Å². The maximum absolute atomic E-state index is 11.6. The third-order valence-electron chi connectivity index (χ3n) is 2.40. The molecule has 1 aliphatic heterocycles. The topological polar surface area (TPSA) is 58.2 Å². The zero-order valence-electron chi connectivity index (χ0n) is 8.53. The Labute approximate surface area is 103 Å². The molecule has 2 heterocycles. The highest BCUT2D eigenvalue weighted by atomic mass is 32.1. The van der Waals surface area contributed by atoms with Crippen LogP contribution >= 0.6 is 24.0 Å². The number of nitrogens with one attached hydrogen (secondary N) is 2. The molecule has 1 aromatic rings. The van der Waals surface area contributed by atoms with Crippen molar-refractivity contribution >= 4 is 35.8 Å². The third kappa shape index (κ3) is 2.76. The lowest BCUT2D eigenvalue weighted by atomic mass is 10.2. The Hall–Kier alpha value is -1.01. The molecule has 1 saturated heterocycles. The number of thiol groups is 1. The fourth-order valence-electron chi connectivity index (χ4n) is 1.58. The van der Waals surface area contributed by atoms with Crippen LogP contribution in [0.25, 0.3) is 0 Å². The van der Waals surface area contributed by atoms with Crippen LogP contribution in [0.3, 0.4) is 0 Å². The predicted molar refractivity (Wildman–Crippen MR) is 65.1 cm³/mol. The molecule has 4 nitrogen and oxygen atoms in total. The van der Waals surface area contributed by atoms with Crippen LogP contribution in [0.2, 0.25) is 0 Å². The van der Waals surface area contributed by atoms with E-state index in [-0.39, 0.29) is 17.9 Å². The average Bonchev–Trinajstić information content (AvgIpc) is 2.84. The molecule has 0 bridgehead atoms. The van der Waals surface area contributed by atoms with Gasteiger partial charge in [0.1, 0.15) is 0 Å². The number of thiophene rings is 1. The van der Waals surface area contributed by atoms with E-state index in [1.54, 1.807) is 6.07 Å². The van der Waals surface area contributed by atoms with Gasteiger partial charge >= 0.3 is 0 Å². The summed E-state index contributed by atoms with van der Waals surface area (Å²) in [6.07, 6.45) is 1.35. The number of amides is 2. The largest absolute Gasteiger partial charge is 0.352 e. The highest BCUT2D eigenvalue weighted by Gasteiger charge is 2.21. The van der Waals surface area contributed by atoms with Crippen LogP contribution in [0, 0.1) is 0 Å². The monoisotopic (exact) mass is 256 g/mol. The van der Waals surface area contributed by atoms with Gasteiger partial charge in [-0.1, -0.05) is 0 Å². The van der Waals surface area contributed by atoms with E-state index in [1.807, 2.05) is 5.38 Å². The maximum atomic E-state index is 11.6. The zero-order chi connectivity index (χ0) is 11.5. The van der Waals surface area contributed by atoms with E-state index in [2.05, 4.69) is 23.3 Å². The molecular weight excluding hydrogens is 244 g/mol. The number of rotatable bonds is 3. The minimum atomic E-state index is -0.105. The van der Waals surface area contributed by atoms with E-state index in [4.69, 9.17) is 0 Å². The predicted octanol–water partition coefficient (Wildman–Crippen LogP) is 1.05. The van der Waals surface area contributed by atoms with Crippen LogP contribution in [0.1, 0.15) is 22.5 Å². The van der Waals surface area contributed by atoms with Gasteiger partial charge in [0.25, 0.3) is 5.91 Å². The Morgan fingerprint density at radius 1 is 1.69 bits per heavy atom. The number of hydrogen-bond acceptors (Lipinski definition) is 4. The first-order valence-corrected chi connectivity index (χ1v) is 6.33. The number of carbonyl (C=O) groups excluding carboxylic acids is 2. The summed E-state index contributed by atoms with van der Waals surface area (Å²) in [6.45, 7) is 0.490. The normalized spacial score (nSPS) is 19.6. The van der Waals surface area contributed by atoms with Crippen LogP contribution in [0.15, 0.2) is 16.3 Å². The third-order valence-corrected chi connectivity index (χ3v) is 3.77. The Kier molecular flexibility index (Phi) is 3.50. The van der Waals surface area contributed by atoms with Gasteiger partial charge in [-0.25, -0.2) is 0 Å². The standard InChI is InChI=1S/C10H12N2O2S2/c13-9-2-1-6(12-9)4-11-10(14)8-3-7(15)5-16-8/h3,5-6,15H,1-2,4H2,(H,11,14)(H,12,13). The molecule has 1 unspecified atom stereocenters. The van der Waals surface area contributed by atoms with Crippen molar-refractivity contribution < 1.29 is 9.59 Å². The highest BCUT2D eigenvalue weighted by Crippen LogP contribution is 2.17. The molecule has 2 N–H and O–H groups in total. The van der Waals surface area contributed by atoms with E-state index in [0.29, 0.717) is 17.8 Å². The summed E-state index contributed by atoms with van der Waals surface area (Å²) in [7, 11) is 0. The lowest BCUT2D eigenvalue weighted by Gasteiger charge is -2.10. The van der Waals surface area contributed by atoms with Crippen molar-refractivity contribution in [2.45, 2.75) is 23.8 Å². The summed E-state index contributed by atoms with van der Waals surface area (Å²) in [4.78, 5) is 24.0. The fraction of sp³-hybridized carbons (Fsp3) is 0.400. The molecule has 1 fully saturated rings. The minimum absolute atomic E-state index is 0.0630. The van der Waals surface area contributed by atoms with Crippen molar-refractivity contribution in [3.8, 4) is 0 Å². The second-order valence-electron chi connectivity index (χ2n) is 3.68. The summed E-state index contributed by atoms with van der Waals surface area (Å²) < 4.78 is 0. The van der Waals surface area contributed by atoms with E-state index in [9.17, 15) is 9.59 Å². The molecule has 1 aromatic heterocycles. The highest BCUT2D eigenvalue weighted by molar-refractivity contribution is 7.80. The van der Waals surface area contributed by atoms with Crippen LogP contribution in [0.5, 0.6) is 0 Å². The molecule has 0 saturated carbocycles. The van der Waals surface area contributed by atoms with E-state index in [0.717, 1.165) is 11.3 Å². The van der Waals surface area contributed by atoms with Gasteiger partial charge in [-0.3, -0.25) is 9.59 Å². The van der Waals surface area contributed by atoms with Crippen molar-refractivity contribution in [1.29, 1.82) is 0 Å². The van der Waals surface area contributed by atoms with Gasteiger partial charge in [0.15, 0.2) is 0 Å². The molecule has 16 heavy (non-hydrogen) atoms. The molecule has 0 spiro atoms. The molecule has 0 radical (unpaired) electrons. The van der Waals surface area contributed by atoms with Crippen LogP contribution in [-0.2, 0) is 4.79 Å². The molecule has 2 rings (SSSR count). The van der Waals surface area contributed by atoms with Crippen LogP contribution in [0.4, 0.5) is 0 Å². The van der Waals surface area contributed by atoms with Gasteiger partial charge < -0.3 is 10.6 Å². The quantitative estimate of drug-likeness (QED) is 0.708. The fourth-order valence-corrected chi connectivity index (χ4v) is 2.64. The minimum Gasteiger partial charge on any atom is -0.352 e. The second kappa shape index (κ2) is 4.88. The Bertz CT molecular complexity index is 417. The first-order chi connectivity index (χ1) is 7.65. The average molecular weight is 256 g/mol. The van der Waals surface area contributed by atoms with Gasteiger partial charge in [0, 0.05) is 29.3 Å². The first kappa shape index (κ1) is 11.5. The molecule has 1 aliphatic rings. The molecule has 0 aromatic carbocycles. The van der Waals surface area contributed by atoms with Gasteiger partial charge in [-0.2, -0.15) is 0 Å². The summed E-state index contributed by atoms with van der Waals surface area (Å²) in [5.74, 6) is -0.0422. The van der Waals surface area contributed by atoms with E-state index >= 15 is 0 Å². The van der Waals surface area contributed by atoms with Gasteiger partial charge in [-0.15, -0.1) is 24.0 Å². The zero-order valence-corrected chi connectivity index (χ0v) is 10.2. The van der Waals surface area contributed by atoms with Gasteiger partial charge in [0.2, 0.25) is 5.91 Å². The molecule has 86 valence electrons. The number of hydrogen-bond donors (Lipinski definition) is 3. The first-order valence-electron chi connectivity index (χ1n) is 5.00. The maximum Gasteiger partial charge on any atom is 0.261 e. The lowest BCUT2D eigenvalue weighted by Crippen LogP contribution is -2.38. The Morgan fingerprint density at radius 3 is 3.06 bits per heavy atom. The Balaban J connectivity index is 1.82. The summed E-state index contributed by atoms with van der Waals surface area (Å²) in [5.41, 5.74) is 0. The van der Waals surface area contributed by atoms with Gasteiger partial charge in [-0.05, 0) is 12.5 Å². The number of carbonyl (C=O) groups is 2. The molecule has 2 amide bonds. The summed E-state index contributed by atoms with van der Waals surface area (Å²) in [5, 5.41) is 7.41. The van der Waals surface area contributed by atoms with Crippen LogP contribution < -0.4 is 10.6 Å². The Morgan fingerprint density at radius 2 is 2.50 bits per heavy atom. The molecular formula is C10H12N2O2S2. The molecule has 0 aliphatic carbocycles. The lowest BCUT2D eigenvalue weighted by molar-refractivity contribution is -0.119. The van der Waals surface area contributed by atoms with E-state index in [1.165, 1.54) is 11.3 Å².